The van der Waals surface area contributed by atoms with Gasteiger partial charge in [0.2, 0.25) is 6.79 Å². The van der Waals surface area contributed by atoms with Gasteiger partial charge in [0.15, 0.2) is 11.5 Å². The standard InChI is InChI=1S/C21H16N2O4/c24-18-12-16-6-2-1-5-15(16)11-17(18)21(25)23-22-9-3-4-14-7-8-19-20(10-14)27-13-26-19/h1-12,24H,13H2,(H,23,25)/b4-3+,22-9-. The number of benzene rings is 3. The molecule has 27 heavy (non-hydrogen) atoms. The van der Waals surface area contributed by atoms with Crippen molar-refractivity contribution in [2.24, 2.45) is 5.10 Å². The van der Waals surface area contributed by atoms with Gasteiger partial charge >= 0.3 is 0 Å². The zero-order valence-corrected chi connectivity index (χ0v) is 14.3. The van der Waals surface area contributed by atoms with E-state index in [-0.39, 0.29) is 18.1 Å². The van der Waals surface area contributed by atoms with Crippen LogP contribution >= 0.6 is 0 Å². The molecule has 1 aliphatic heterocycles. The minimum absolute atomic E-state index is 0.0858. The summed E-state index contributed by atoms with van der Waals surface area (Å²) in [6, 6.07) is 16.3. The largest absolute Gasteiger partial charge is 0.507 e. The second-order valence-corrected chi connectivity index (χ2v) is 5.91. The number of carbonyl (C=O) groups is 1. The van der Waals surface area contributed by atoms with Gasteiger partial charge in [-0.05, 0) is 46.7 Å². The predicted octanol–water partition coefficient (Wildman–Crippen LogP) is 3.70. The van der Waals surface area contributed by atoms with E-state index in [1.54, 1.807) is 18.2 Å². The average Bonchev–Trinajstić information content (AvgIpc) is 3.15. The van der Waals surface area contributed by atoms with Gasteiger partial charge in [-0.3, -0.25) is 4.79 Å². The van der Waals surface area contributed by atoms with Crippen LogP contribution in [0, 0.1) is 0 Å². The summed E-state index contributed by atoms with van der Waals surface area (Å²) in [6.45, 7) is 0.234. The summed E-state index contributed by atoms with van der Waals surface area (Å²) < 4.78 is 10.6. The molecular weight excluding hydrogens is 344 g/mol. The number of ether oxygens (including phenoxy) is 2. The fourth-order valence-electron chi connectivity index (χ4n) is 2.78. The van der Waals surface area contributed by atoms with E-state index in [2.05, 4.69) is 10.5 Å². The number of amides is 1. The van der Waals surface area contributed by atoms with Crippen molar-refractivity contribution in [2.45, 2.75) is 0 Å². The number of hydrogen-bond acceptors (Lipinski definition) is 5. The summed E-state index contributed by atoms with van der Waals surface area (Å²) in [5, 5.41) is 15.7. The highest BCUT2D eigenvalue weighted by Gasteiger charge is 2.12. The first-order valence-corrected chi connectivity index (χ1v) is 8.32. The Hall–Kier alpha value is -3.80. The van der Waals surface area contributed by atoms with Crippen LogP contribution in [-0.2, 0) is 0 Å². The van der Waals surface area contributed by atoms with Gasteiger partial charge in [0, 0.05) is 6.21 Å². The lowest BCUT2D eigenvalue weighted by Crippen LogP contribution is -2.17. The molecule has 4 rings (SSSR count). The van der Waals surface area contributed by atoms with Gasteiger partial charge in [-0.1, -0.05) is 36.4 Å². The highest BCUT2D eigenvalue weighted by molar-refractivity contribution is 6.01. The lowest BCUT2D eigenvalue weighted by atomic mass is 10.1. The summed E-state index contributed by atoms with van der Waals surface area (Å²) in [6.07, 6.45) is 4.98. The maximum atomic E-state index is 12.2. The van der Waals surface area contributed by atoms with Crippen LogP contribution in [-0.4, -0.2) is 24.0 Å². The number of fused-ring (bicyclic) bond motifs is 2. The number of nitrogens with zero attached hydrogens (tertiary/aromatic N) is 1. The fourth-order valence-corrected chi connectivity index (χ4v) is 2.78. The normalized spacial score (nSPS) is 12.9. The van der Waals surface area contributed by atoms with Crippen molar-refractivity contribution < 1.29 is 19.4 Å². The number of rotatable bonds is 4. The number of hydrazone groups is 1. The lowest BCUT2D eigenvalue weighted by molar-refractivity contribution is 0.0952. The van der Waals surface area contributed by atoms with Gasteiger partial charge in [0.05, 0.1) is 5.56 Å². The summed E-state index contributed by atoms with van der Waals surface area (Å²) in [4.78, 5) is 12.2. The number of aromatic hydroxyl groups is 1. The predicted molar refractivity (Wildman–Crippen MR) is 103 cm³/mol. The van der Waals surface area contributed by atoms with Gasteiger partial charge in [-0.2, -0.15) is 5.10 Å². The molecule has 3 aromatic rings. The third kappa shape index (κ3) is 3.59. The zero-order valence-electron chi connectivity index (χ0n) is 14.3. The average molecular weight is 360 g/mol. The van der Waals surface area contributed by atoms with Crippen LogP contribution in [0.5, 0.6) is 17.2 Å². The molecule has 3 aromatic carbocycles. The van der Waals surface area contributed by atoms with E-state index in [0.717, 1.165) is 22.1 Å². The Morgan fingerprint density at radius 2 is 1.81 bits per heavy atom. The Bertz CT molecular complexity index is 1070. The Kier molecular flexibility index (Phi) is 4.45. The smallest absolute Gasteiger partial charge is 0.275 e. The van der Waals surface area contributed by atoms with Crippen molar-refractivity contribution in [3.8, 4) is 17.2 Å². The molecule has 0 fully saturated rings. The molecule has 6 heteroatoms. The van der Waals surface area contributed by atoms with Crippen LogP contribution in [0.2, 0.25) is 0 Å². The zero-order chi connectivity index (χ0) is 18.6. The highest BCUT2D eigenvalue weighted by Crippen LogP contribution is 2.32. The molecular formula is C21H16N2O4. The lowest BCUT2D eigenvalue weighted by Gasteiger charge is -2.05. The highest BCUT2D eigenvalue weighted by atomic mass is 16.7. The topological polar surface area (TPSA) is 80.2 Å². The van der Waals surface area contributed by atoms with E-state index in [4.69, 9.17) is 9.47 Å². The van der Waals surface area contributed by atoms with E-state index < -0.39 is 5.91 Å². The Morgan fingerprint density at radius 1 is 1.04 bits per heavy atom. The van der Waals surface area contributed by atoms with Crippen molar-refractivity contribution in [3.05, 3.63) is 71.8 Å². The van der Waals surface area contributed by atoms with Crippen molar-refractivity contribution in [1.29, 1.82) is 0 Å². The second kappa shape index (κ2) is 7.21. The van der Waals surface area contributed by atoms with Crippen LogP contribution in [0.3, 0.4) is 0 Å². The van der Waals surface area contributed by atoms with Crippen LogP contribution in [0.15, 0.2) is 65.8 Å². The monoisotopic (exact) mass is 360 g/mol. The third-order valence-electron chi connectivity index (χ3n) is 4.12. The summed E-state index contributed by atoms with van der Waals surface area (Å²) in [7, 11) is 0. The molecule has 0 aromatic heterocycles. The number of carbonyl (C=O) groups excluding carboxylic acids is 1. The van der Waals surface area contributed by atoms with Gasteiger partial charge in [-0.15, -0.1) is 0 Å². The molecule has 0 spiro atoms. The van der Waals surface area contributed by atoms with E-state index in [1.165, 1.54) is 6.21 Å². The fraction of sp³-hybridized carbons (Fsp3) is 0.0476. The minimum Gasteiger partial charge on any atom is -0.507 e. The summed E-state index contributed by atoms with van der Waals surface area (Å²) in [5.74, 6) is 0.862. The first-order chi connectivity index (χ1) is 13.2. The molecule has 0 unspecified atom stereocenters. The number of hydrogen-bond donors (Lipinski definition) is 2. The van der Waals surface area contributed by atoms with Crippen molar-refractivity contribution in [2.75, 3.05) is 6.79 Å². The van der Waals surface area contributed by atoms with E-state index in [0.29, 0.717) is 5.75 Å². The number of nitrogens with one attached hydrogen (secondary N) is 1. The molecule has 0 aliphatic carbocycles. The number of phenolic OH excluding ortho intramolecular Hbond substituents is 1. The Morgan fingerprint density at radius 3 is 2.67 bits per heavy atom. The molecule has 134 valence electrons. The Labute approximate surface area is 155 Å². The molecule has 1 aliphatic rings. The van der Waals surface area contributed by atoms with Crippen molar-refractivity contribution in [3.63, 3.8) is 0 Å². The first kappa shape index (κ1) is 16.7. The van der Waals surface area contributed by atoms with Crippen molar-refractivity contribution >= 4 is 29.0 Å². The van der Waals surface area contributed by atoms with Crippen LogP contribution in [0.4, 0.5) is 0 Å². The molecule has 0 saturated heterocycles. The van der Waals surface area contributed by atoms with E-state index in [1.807, 2.05) is 48.5 Å². The first-order valence-electron chi connectivity index (χ1n) is 8.32. The molecule has 0 bridgehead atoms. The molecule has 0 atom stereocenters. The van der Waals surface area contributed by atoms with Crippen LogP contribution in [0.1, 0.15) is 15.9 Å². The molecule has 0 saturated carbocycles. The van der Waals surface area contributed by atoms with Crippen LogP contribution < -0.4 is 14.9 Å². The minimum atomic E-state index is -0.481. The summed E-state index contributed by atoms with van der Waals surface area (Å²) in [5.41, 5.74) is 3.50. The van der Waals surface area contributed by atoms with Gasteiger partial charge in [0.1, 0.15) is 5.75 Å². The SMILES string of the molecule is O=C(N/N=C\C=C\c1ccc2c(c1)OCO2)c1cc2ccccc2cc1O. The quantitative estimate of drug-likeness (QED) is 0.549. The number of phenols is 1. The Balaban J connectivity index is 1.41. The molecule has 2 N–H and O–H groups in total. The van der Waals surface area contributed by atoms with Gasteiger partial charge in [0.25, 0.3) is 5.91 Å². The van der Waals surface area contributed by atoms with Crippen LogP contribution in [0.25, 0.3) is 16.8 Å². The maximum Gasteiger partial charge on any atom is 0.275 e. The summed E-state index contributed by atoms with van der Waals surface area (Å²) >= 11 is 0. The van der Waals surface area contributed by atoms with Gasteiger partial charge in [-0.25, -0.2) is 5.43 Å². The third-order valence-corrected chi connectivity index (χ3v) is 4.12. The maximum absolute atomic E-state index is 12.2. The molecule has 0 radical (unpaired) electrons. The van der Waals surface area contributed by atoms with E-state index in [9.17, 15) is 9.90 Å². The van der Waals surface area contributed by atoms with E-state index >= 15 is 0 Å². The van der Waals surface area contributed by atoms with Gasteiger partial charge < -0.3 is 14.6 Å². The second-order valence-electron chi connectivity index (χ2n) is 5.91. The molecule has 6 nitrogen and oxygen atoms in total. The molecule has 1 amide bonds. The molecule has 1 heterocycles. The van der Waals surface area contributed by atoms with Crippen molar-refractivity contribution in [1.82, 2.24) is 5.43 Å². The number of allylic oxidation sites excluding steroid dienone is 1.